The number of carboxylic acid groups (broad SMARTS) is 1. The number of aromatic nitrogens is 1. The van der Waals surface area contributed by atoms with Crippen molar-refractivity contribution in [3.05, 3.63) is 71.0 Å². The van der Waals surface area contributed by atoms with Crippen LogP contribution in [0.25, 0.3) is 10.8 Å². The molecule has 1 heterocycles. The van der Waals surface area contributed by atoms with Crippen LogP contribution in [0.1, 0.15) is 18.1 Å². The van der Waals surface area contributed by atoms with Gasteiger partial charge in [-0.3, -0.25) is 9.78 Å². The topological polar surface area (TPSA) is 50.2 Å². The number of aliphatic carboxylic acids is 1. The summed E-state index contributed by atoms with van der Waals surface area (Å²) in [4.78, 5) is 16.3. The van der Waals surface area contributed by atoms with Crippen molar-refractivity contribution in [3.63, 3.8) is 0 Å². The number of pyridine rings is 1. The standard InChI is InChI=1S/C20H18ClNO2S/c1-13(20(23)24)25-19-10-11-22-12-15(19)7-6-14-8-9-18(21)17-5-3-2-4-16(14)17/h2-5,8-13H,6-7H2,1H3,(H,23,24). The molecular formula is C20H18ClNO2S. The Balaban J connectivity index is 1.83. The van der Waals surface area contributed by atoms with Crippen LogP contribution in [0.5, 0.6) is 0 Å². The van der Waals surface area contributed by atoms with Crippen molar-refractivity contribution in [2.24, 2.45) is 0 Å². The number of rotatable bonds is 6. The van der Waals surface area contributed by atoms with Crippen LogP contribution < -0.4 is 0 Å². The van der Waals surface area contributed by atoms with E-state index < -0.39 is 11.2 Å². The van der Waals surface area contributed by atoms with Crippen LogP contribution in [0.15, 0.2) is 59.8 Å². The van der Waals surface area contributed by atoms with E-state index in [1.807, 2.05) is 36.5 Å². The third-order valence-corrected chi connectivity index (χ3v) is 5.67. The molecule has 0 fully saturated rings. The molecule has 1 N–H and O–H groups in total. The third-order valence-electron chi connectivity index (χ3n) is 4.14. The second-order valence-electron chi connectivity index (χ2n) is 5.83. The molecule has 1 atom stereocenters. The molecule has 1 aromatic heterocycles. The van der Waals surface area contributed by atoms with Gasteiger partial charge in [0.05, 0.1) is 0 Å². The quantitative estimate of drug-likeness (QED) is 0.602. The number of halogens is 1. The van der Waals surface area contributed by atoms with E-state index in [-0.39, 0.29) is 0 Å². The van der Waals surface area contributed by atoms with E-state index in [0.29, 0.717) is 0 Å². The van der Waals surface area contributed by atoms with Crippen LogP contribution >= 0.6 is 23.4 Å². The van der Waals surface area contributed by atoms with Gasteiger partial charge in [0.25, 0.3) is 0 Å². The van der Waals surface area contributed by atoms with E-state index in [1.54, 1.807) is 13.1 Å². The molecule has 0 amide bonds. The Morgan fingerprint density at radius 3 is 2.60 bits per heavy atom. The first-order valence-corrected chi connectivity index (χ1v) is 9.30. The molecule has 5 heteroatoms. The highest BCUT2D eigenvalue weighted by atomic mass is 35.5. The number of hydrogen-bond donors (Lipinski definition) is 1. The summed E-state index contributed by atoms with van der Waals surface area (Å²) in [6.07, 6.45) is 5.18. The maximum atomic E-state index is 11.1. The fourth-order valence-corrected chi connectivity index (χ4v) is 3.93. The molecule has 3 nitrogen and oxygen atoms in total. The van der Waals surface area contributed by atoms with Crippen LogP contribution in [0.4, 0.5) is 0 Å². The Morgan fingerprint density at radius 2 is 1.84 bits per heavy atom. The zero-order valence-electron chi connectivity index (χ0n) is 13.8. The molecule has 0 saturated heterocycles. The highest BCUT2D eigenvalue weighted by molar-refractivity contribution is 8.00. The number of hydrogen-bond acceptors (Lipinski definition) is 3. The van der Waals surface area contributed by atoms with Crippen LogP contribution in [0, 0.1) is 0 Å². The first-order chi connectivity index (χ1) is 12.1. The van der Waals surface area contributed by atoms with Crippen LogP contribution in [0.2, 0.25) is 5.02 Å². The van der Waals surface area contributed by atoms with Crippen LogP contribution in [-0.2, 0) is 17.6 Å². The zero-order chi connectivity index (χ0) is 17.8. The average molecular weight is 372 g/mol. The highest BCUT2D eigenvalue weighted by Crippen LogP contribution is 2.30. The van der Waals surface area contributed by atoms with Gasteiger partial charge in [-0.25, -0.2) is 0 Å². The molecule has 0 aliphatic heterocycles. The fraction of sp³-hybridized carbons (Fsp3) is 0.200. The van der Waals surface area contributed by atoms with Gasteiger partial charge in [0.15, 0.2) is 0 Å². The zero-order valence-corrected chi connectivity index (χ0v) is 15.3. The molecule has 25 heavy (non-hydrogen) atoms. The maximum Gasteiger partial charge on any atom is 0.316 e. The van der Waals surface area contributed by atoms with E-state index in [9.17, 15) is 4.79 Å². The minimum absolute atomic E-state index is 0.488. The number of fused-ring (bicyclic) bond motifs is 1. The lowest BCUT2D eigenvalue weighted by molar-refractivity contribution is -0.136. The summed E-state index contributed by atoms with van der Waals surface area (Å²) in [5, 5.41) is 11.6. The summed E-state index contributed by atoms with van der Waals surface area (Å²) in [6.45, 7) is 1.70. The first-order valence-electron chi connectivity index (χ1n) is 8.04. The predicted molar refractivity (Wildman–Crippen MR) is 104 cm³/mol. The van der Waals surface area contributed by atoms with Crippen molar-refractivity contribution in [1.82, 2.24) is 4.98 Å². The summed E-state index contributed by atoms with van der Waals surface area (Å²) in [7, 11) is 0. The molecule has 0 spiro atoms. The van der Waals surface area contributed by atoms with Crippen molar-refractivity contribution in [2.75, 3.05) is 0 Å². The number of aryl methyl sites for hydroxylation is 2. The van der Waals surface area contributed by atoms with Crippen molar-refractivity contribution >= 4 is 40.1 Å². The number of nitrogens with zero attached hydrogens (tertiary/aromatic N) is 1. The normalized spacial score (nSPS) is 12.2. The number of thioether (sulfide) groups is 1. The summed E-state index contributed by atoms with van der Waals surface area (Å²) in [6, 6.07) is 14.0. The van der Waals surface area contributed by atoms with Crippen LogP contribution in [0.3, 0.4) is 0 Å². The Labute approximate surface area is 156 Å². The molecule has 128 valence electrons. The summed E-state index contributed by atoms with van der Waals surface area (Å²) in [5.74, 6) is -0.809. The van der Waals surface area contributed by atoms with Crippen molar-refractivity contribution < 1.29 is 9.90 Å². The van der Waals surface area contributed by atoms with E-state index in [4.69, 9.17) is 16.7 Å². The average Bonchev–Trinajstić information content (AvgIpc) is 2.62. The molecular weight excluding hydrogens is 354 g/mol. The molecule has 0 aliphatic carbocycles. The Kier molecular flexibility index (Phi) is 5.61. The van der Waals surface area contributed by atoms with Crippen molar-refractivity contribution in [3.8, 4) is 0 Å². The molecule has 1 unspecified atom stereocenters. The molecule has 3 aromatic rings. The smallest absolute Gasteiger partial charge is 0.316 e. The highest BCUT2D eigenvalue weighted by Gasteiger charge is 2.15. The fourth-order valence-electron chi connectivity index (χ4n) is 2.77. The Hall–Kier alpha value is -2.04. The van der Waals surface area contributed by atoms with Crippen molar-refractivity contribution in [2.45, 2.75) is 29.9 Å². The lowest BCUT2D eigenvalue weighted by Crippen LogP contribution is -2.11. The lowest BCUT2D eigenvalue weighted by atomic mass is 9.99. The predicted octanol–water partition coefficient (Wildman–Crippen LogP) is 5.24. The molecule has 0 aliphatic rings. The van der Waals surface area contributed by atoms with Gasteiger partial charge in [-0.2, -0.15) is 0 Å². The Bertz CT molecular complexity index is 913. The maximum absolute atomic E-state index is 11.1. The number of benzene rings is 2. The summed E-state index contributed by atoms with van der Waals surface area (Å²) < 4.78 is 0. The van der Waals surface area contributed by atoms with E-state index in [2.05, 4.69) is 17.1 Å². The van der Waals surface area contributed by atoms with Crippen molar-refractivity contribution in [1.29, 1.82) is 0 Å². The largest absolute Gasteiger partial charge is 0.480 e. The molecule has 0 radical (unpaired) electrons. The minimum Gasteiger partial charge on any atom is -0.480 e. The van der Waals surface area contributed by atoms with Crippen LogP contribution in [-0.4, -0.2) is 21.3 Å². The monoisotopic (exact) mass is 371 g/mol. The van der Waals surface area contributed by atoms with Gasteiger partial charge in [-0.1, -0.05) is 41.9 Å². The lowest BCUT2D eigenvalue weighted by Gasteiger charge is -2.12. The van der Waals surface area contributed by atoms with Gasteiger partial charge in [0, 0.05) is 27.7 Å². The van der Waals surface area contributed by atoms with Gasteiger partial charge < -0.3 is 5.11 Å². The van der Waals surface area contributed by atoms with Gasteiger partial charge >= 0.3 is 5.97 Å². The number of carboxylic acids is 1. The molecule has 3 rings (SSSR count). The summed E-state index contributed by atoms with van der Waals surface area (Å²) >= 11 is 7.65. The Morgan fingerprint density at radius 1 is 1.12 bits per heavy atom. The molecule has 0 bridgehead atoms. The van der Waals surface area contributed by atoms with Gasteiger partial charge in [0.1, 0.15) is 5.25 Å². The van der Waals surface area contributed by atoms with E-state index in [0.717, 1.165) is 39.1 Å². The SMILES string of the molecule is CC(Sc1ccncc1CCc1ccc(Cl)c2ccccc12)C(=O)O. The minimum atomic E-state index is -0.809. The van der Waals surface area contributed by atoms with Gasteiger partial charge in [-0.05, 0) is 48.4 Å². The summed E-state index contributed by atoms with van der Waals surface area (Å²) in [5.41, 5.74) is 2.30. The second kappa shape index (κ2) is 7.89. The van der Waals surface area contributed by atoms with E-state index in [1.165, 1.54) is 17.3 Å². The molecule has 0 saturated carbocycles. The second-order valence-corrected chi connectivity index (χ2v) is 7.62. The third kappa shape index (κ3) is 4.14. The van der Waals surface area contributed by atoms with Gasteiger partial charge in [0.2, 0.25) is 0 Å². The van der Waals surface area contributed by atoms with E-state index >= 15 is 0 Å². The van der Waals surface area contributed by atoms with Gasteiger partial charge in [-0.15, -0.1) is 11.8 Å². The number of carbonyl (C=O) groups is 1. The first kappa shape index (κ1) is 17.8. The molecule has 2 aromatic carbocycles.